The zero-order chi connectivity index (χ0) is 20.7. The highest BCUT2D eigenvalue weighted by atomic mass is 16.5. The fraction of sp³-hybridized carbons (Fsp3) is 0.440. The number of esters is 1. The summed E-state index contributed by atoms with van der Waals surface area (Å²) in [6.07, 6.45) is 5.65. The van der Waals surface area contributed by atoms with Crippen LogP contribution in [0.1, 0.15) is 63.3 Å². The molecule has 4 nitrogen and oxygen atoms in total. The van der Waals surface area contributed by atoms with Crippen molar-refractivity contribution in [2.24, 2.45) is 0 Å². The van der Waals surface area contributed by atoms with Crippen LogP contribution in [0.2, 0.25) is 0 Å². The van der Waals surface area contributed by atoms with E-state index in [9.17, 15) is 4.79 Å². The maximum Gasteiger partial charge on any atom is 0.306 e. The van der Waals surface area contributed by atoms with Gasteiger partial charge in [-0.2, -0.15) is 0 Å². The Morgan fingerprint density at radius 3 is 2.69 bits per heavy atom. The molecule has 0 saturated carbocycles. The highest BCUT2D eigenvalue weighted by Gasteiger charge is 2.38. The molecule has 4 heteroatoms. The number of hydrogen-bond acceptors (Lipinski definition) is 4. The van der Waals surface area contributed by atoms with Crippen molar-refractivity contribution in [1.82, 2.24) is 4.98 Å². The quantitative estimate of drug-likeness (QED) is 0.522. The van der Waals surface area contributed by atoms with Gasteiger partial charge in [-0.25, -0.2) is 4.98 Å². The maximum absolute atomic E-state index is 11.5. The second-order valence-corrected chi connectivity index (χ2v) is 7.42. The van der Waals surface area contributed by atoms with E-state index in [0.29, 0.717) is 25.1 Å². The van der Waals surface area contributed by atoms with Crippen LogP contribution in [-0.2, 0) is 21.4 Å². The molecule has 0 saturated heterocycles. The van der Waals surface area contributed by atoms with E-state index in [-0.39, 0.29) is 17.5 Å². The highest BCUT2D eigenvalue weighted by molar-refractivity contribution is 5.69. The topological polar surface area (TPSA) is 48.4 Å². The summed E-state index contributed by atoms with van der Waals surface area (Å²) in [5.74, 6) is 7.21. The van der Waals surface area contributed by atoms with Crippen molar-refractivity contribution in [1.29, 1.82) is 0 Å². The second kappa shape index (κ2) is 9.60. The summed E-state index contributed by atoms with van der Waals surface area (Å²) in [6, 6.07) is 12.2. The van der Waals surface area contributed by atoms with Gasteiger partial charge in [-0.05, 0) is 49.8 Å². The van der Waals surface area contributed by atoms with E-state index < -0.39 is 0 Å². The van der Waals surface area contributed by atoms with Crippen molar-refractivity contribution >= 4 is 5.97 Å². The number of pyridine rings is 1. The monoisotopic (exact) mass is 391 g/mol. The van der Waals surface area contributed by atoms with Gasteiger partial charge in [-0.15, -0.1) is 0 Å². The first-order chi connectivity index (χ1) is 14.1. The lowest BCUT2D eigenvalue weighted by molar-refractivity contribution is -0.143. The number of fused-ring (bicyclic) bond motifs is 1. The normalized spacial score (nSPS) is 16.7. The Labute approximate surface area is 173 Å². The molecule has 3 rings (SSSR count). The van der Waals surface area contributed by atoms with E-state index in [1.807, 2.05) is 31.2 Å². The van der Waals surface area contributed by atoms with E-state index in [0.717, 1.165) is 30.6 Å². The molecule has 0 aliphatic carbocycles. The Balaban J connectivity index is 1.69. The summed E-state index contributed by atoms with van der Waals surface area (Å²) >= 11 is 0. The van der Waals surface area contributed by atoms with Gasteiger partial charge in [-0.3, -0.25) is 4.79 Å². The van der Waals surface area contributed by atoms with Gasteiger partial charge in [-0.1, -0.05) is 44.0 Å². The van der Waals surface area contributed by atoms with Crippen LogP contribution < -0.4 is 4.74 Å². The van der Waals surface area contributed by atoms with Gasteiger partial charge in [0, 0.05) is 30.0 Å². The minimum atomic E-state index is -0.179. The van der Waals surface area contributed by atoms with Crippen molar-refractivity contribution in [2.45, 2.75) is 64.4 Å². The molecule has 0 N–H and O–H groups in total. The van der Waals surface area contributed by atoms with Crippen LogP contribution in [0, 0.1) is 11.8 Å². The number of ether oxygens (including phenoxy) is 2. The Morgan fingerprint density at radius 1 is 1.21 bits per heavy atom. The van der Waals surface area contributed by atoms with Crippen LogP contribution in [0.25, 0.3) is 0 Å². The van der Waals surface area contributed by atoms with E-state index in [2.05, 4.69) is 42.8 Å². The summed E-state index contributed by atoms with van der Waals surface area (Å²) < 4.78 is 11.1. The number of nitrogens with zero attached hydrogens (tertiary/aromatic N) is 1. The maximum atomic E-state index is 11.5. The molecule has 0 bridgehead atoms. The predicted molar refractivity (Wildman–Crippen MR) is 114 cm³/mol. The molecule has 2 aromatic rings. The number of carbonyl (C=O) groups is 1. The summed E-state index contributed by atoms with van der Waals surface area (Å²) in [7, 11) is 0. The minimum absolute atomic E-state index is 0.110. The number of para-hydroxylation sites is 1. The number of rotatable bonds is 6. The predicted octanol–water partition coefficient (Wildman–Crippen LogP) is 4.84. The van der Waals surface area contributed by atoms with E-state index in [4.69, 9.17) is 9.47 Å². The molecule has 2 heterocycles. The van der Waals surface area contributed by atoms with Gasteiger partial charge in [0.05, 0.1) is 6.61 Å². The fourth-order valence-electron chi connectivity index (χ4n) is 3.95. The molecule has 29 heavy (non-hydrogen) atoms. The first-order valence-corrected chi connectivity index (χ1v) is 10.5. The first-order valence-electron chi connectivity index (χ1n) is 10.5. The average molecular weight is 392 g/mol. The van der Waals surface area contributed by atoms with Crippen molar-refractivity contribution in [3.63, 3.8) is 0 Å². The van der Waals surface area contributed by atoms with Gasteiger partial charge in [0.1, 0.15) is 11.4 Å². The Hall–Kier alpha value is -2.80. The van der Waals surface area contributed by atoms with Crippen LogP contribution in [0.5, 0.6) is 5.75 Å². The smallest absolute Gasteiger partial charge is 0.306 e. The van der Waals surface area contributed by atoms with Crippen molar-refractivity contribution in [2.75, 3.05) is 6.61 Å². The first kappa shape index (κ1) is 20.9. The average Bonchev–Trinajstić information content (AvgIpc) is 2.76. The third-order valence-corrected chi connectivity index (χ3v) is 5.77. The van der Waals surface area contributed by atoms with Gasteiger partial charge in [0.25, 0.3) is 0 Å². The Kier molecular flexibility index (Phi) is 6.93. The van der Waals surface area contributed by atoms with Crippen molar-refractivity contribution in [3.05, 3.63) is 59.4 Å². The summed E-state index contributed by atoms with van der Waals surface area (Å²) in [6.45, 7) is 6.71. The molecule has 0 fully saturated rings. The van der Waals surface area contributed by atoms with Gasteiger partial charge in [0.2, 0.25) is 0 Å². The highest BCUT2D eigenvalue weighted by Crippen LogP contribution is 2.45. The number of hydrogen-bond donors (Lipinski definition) is 0. The SMILES string of the molecule is CCOC(=O)CCc1ccc(C#CC2CC(CC)(CC)c3ccccc3O2)nc1. The lowest BCUT2D eigenvalue weighted by Gasteiger charge is -2.40. The molecule has 1 aromatic carbocycles. The van der Waals surface area contributed by atoms with Crippen LogP contribution in [0.4, 0.5) is 0 Å². The van der Waals surface area contributed by atoms with Crippen LogP contribution in [0.15, 0.2) is 42.6 Å². The van der Waals surface area contributed by atoms with Crippen LogP contribution >= 0.6 is 0 Å². The van der Waals surface area contributed by atoms with E-state index in [1.165, 1.54) is 5.56 Å². The molecule has 152 valence electrons. The number of aromatic nitrogens is 1. The van der Waals surface area contributed by atoms with E-state index >= 15 is 0 Å². The van der Waals surface area contributed by atoms with E-state index in [1.54, 1.807) is 6.20 Å². The molecule has 0 amide bonds. The standard InChI is InChI=1S/C25H29NO3/c1-4-25(5-2)17-21(29-23-10-8-7-9-22(23)25)15-14-20-13-11-19(18-26-20)12-16-24(27)28-6-3/h7-11,13,18,21H,4-6,12,16-17H2,1-3H3. The molecule has 1 unspecified atom stereocenters. The number of benzene rings is 1. The molecule has 1 atom stereocenters. The fourth-order valence-corrected chi connectivity index (χ4v) is 3.95. The Morgan fingerprint density at radius 2 is 2.00 bits per heavy atom. The Bertz CT molecular complexity index is 888. The largest absolute Gasteiger partial charge is 0.477 e. The summed E-state index contributed by atoms with van der Waals surface area (Å²) in [5, 5.41) is 0. The van der Waals surface area contributed by atoms with Crippen LogP contribution in [-0.4, -0.2) is 23.7 Å². The van der Waals surface area contributed by atoms with Gasteiger partial charge >= 0.3 is 5.97 Å². The number of carbonyl (C=O) groups excluding carboxylic acids is 1. The summed E-state index contributed by atoms with van der Waals surface area (Å²) in [5.41, 5.74) is 3.12. The molecule has 0 radical (unpaired) electrons. The van der Waals surface area contributed by atoms with Crippen molar-refractivity contribution < 1.29 is 14.3 Å². The zero-order valence-corrected chi connectivity index (χ0v) is 17.5. The third-order valence-electron chi connectivity index (χ3n) is 5.77. The van der Waals surface area contributed by atoms with Crippen molar-refractivity contribution in [3.8, 4) is 17.6 Å². The molecule has 1 aliphatic rings. The van der Waals surface area contributed by atoms with Gasteiger partial charge in [0.15, 0.2) is 6.10 Å². The van der Waals surface area contributed by atoms with Crippen LogP contribution in [0.3, 0.4) is 0 Å². The lowest BCUT2D eigenvalue weighted by Crippen LogP contribution is -2.37. The molecule has 1 aliphatic heterocycles. The third kappa shape index (κ3) is 4.98. The molecule has 0 spiro atoms. The molecule has 1 aromatic heterocycles. The lowest BCUT2D eigenvalue weighted by atomic mass is 9.70. The minimum Gasteiger partial charge on any atom is -0.477 e. The second-order valence-electron chi connectivity index (χ2n) is 7.42. The number of aryl methyl sites for hydroxylation is 1. The van der Waals surface area contributed by atoms with Gasteiger partial charge < -0.3 is 9.47 Å². The molecular weight excluding hydrogens is 362 g/mol. The summed E-state index contributed by atoms with van der Waals surface area (Å²) in [4.78, 5) is 15.9. The zero-order valence-electron chi connectivity index (χ0n) is 17.5. The molecular formula is C25H29NO3.